The van der Waals surface area contributed by atoms with E-state index in [1.165, 1.54) is 0 Å². The summed E-state index contributed by atoms with van der Waals surface area (Å²) in [5.74, 6) is -0.115. The molecule has 3 heterocycles. The normalized spacial score (nSPS) is 25.4. The van der Waals surface area contributed by atoms with Crippen molar-refractivity contribution < 1.29 is 19.4 Å². The predicted molar refractivity (Wildman–Crippen MR) is 89.2 cm³/mol. The van der Waals surface area contributed by atoms with Crippen LogP contribution in [0.4, 0.5) is 5.69 Å². The van der Waals surface area contributed by atoms with Gasteiger partial charge in [0.15, 0.2) is 0 Å². The van der Waals surface area contributed by atoms with Gasteiger partial charge >= 0.3 is 0 Å². The van der Waals surface area contributed by atoms with Gasteiger partial charge in [0.2, 0.25) is 0 Å². The Morgan fingerprint density at radius 2 is 2.04 bits per heavy atom. The van der Waals surface area contributed by atoms with E-state index in [4.69, 9.17) is 9.47 Å². The van der Waals surface area contributed by atoms with Crippen molar-refractivity contribution in [1.82, 2.24) is 9.88 Å². The molecule has 0 spiro atoms. The van der Waals surface area contributed by atoms with Crippen LogP contribution in [-0.2, 0) is 9.47 Å². The second-order valence-corrected chi connectivity index (χ2v) is 6.75. The number of hydrogen-bond acceptors (Lipinski definition) is 6. The summed E-state index contributed by atoms with van der Waals surface area (Å²) in [7, 11) is 0. The minimum atomic E-state index is -0.437. The molecule has 1 N–H and O–H groups in total. The molecule has 1 aromatic rings. The van der Waals surface area contributed by atoms with Gasteiger partial charge in [-0.05, 0) is 12.1 Å². The van der Waals surface area contributed by atoms with Crippen LogP contribution in [0.3, 0.4) is 0 Å². The molecule has 1 amide bonds. The van der Waals surface area contributed by atoms with Crippen molar-refractivity contribution in [1.29, 1.82) is 0 Å². The van der Waals surface area contributed by atoms with E-state index >= 15 is 0 Å². The third-order valence-electron chi connectivity index (χ3n) is 4.54. The Kier molecular flexibility index (Phi) is 5.33. The fourth-order valence-corrected chi connectivity index (χ4v) is 3.06. The summed E-state index contributed by atoms with van der Waals surface area (Å²) in [4.78, 5) is 21.1. The van der Waals surface area contributed by atoms with Crippen LogP contribution in [0.25, 0.3) is 0 Å². The molecule has 24 heavy (non-hydrogen) atoms. The molecule has 2 aliphatic heterocycles. The molecule has 0 radical (unpaired) electrons. The lowest BCUT2D eigenvalue weighted by Crippen LogP contribution is -2.42. The van der Waals surface area contributed by atoms with Gasteiger partial charge in [0.05, 0.1) is 33.0 Å². The van der Waals surface area contributed by atoms with E-state index in [0.717, 1.165) is 18.8 Å². The summed E-state index contributed by atoms with van der Waals surface area (Å²) in [6, 6.07) is 3.77. The molecular formula is C17H25N3O4. The third kappa shape index (κ3) is 3.85. The van der Waals surface area contributed by atoms with Crippen molar-refractivity contribution in [3.8, 4) is 0 Å². The van der Waals surface area contributed by atoms with Crippen LogP contribution < -0.4 is 4.90 Å². The highest BCUT2D eigenvalue weighted by atomic mass is 16.5. The Morgan fingerprint density at radius 1 is 1.29 bits per heavy atom. The zero-order valence-corrected chi connectivity index (χ0v) is 14.1. The van der Waals surface area contributed by atoms with Crippen molar-refractivity contribution >= 4 is 11.6 Å². The first-order valence-electron chi connectivity index (χ1n) is 8.38. The quantitative estimate of drug-likeness (QED) is 0.861. The maximum Gasteiger partial charge on any atom is 0.272 e. The van der Waals surface area contributed by atoms with Crippen molar-refractivity contribution in [2.24, 2.45) is 5.41 Å². The van der Waals surface area contributed by atoms with Crippen molar-refractivity contribution in [2.45, 2.75) is 6.92 Å². The van der Waals surface area contributed by atoms with Crippen molar-refractivity contribution in [3.05, 3.63) is 24.0 Å². The van der Waals surface area contributed by atoms with Gasteiger partial charge < -0.3 is 24.4 Å². The first kappa shape index (κ1) is 17.1. The number of aliphatic hydroxyl groups is 1. The van der Waals surface area contributed by atoms with Crippen LogP contribution in [0.2, 0.25) is 0 Å². The Balaban J connectivity index is 1.76. The van der Waals surface area contributed by atoms with E-state index in [1.54, 1.807) is 11.1 Å². The summed E-state index contributed by atoms with van der Waals surface area (Å²) in [6.45, 7) is 6.85. The fraction of sp³-hybridized carbons (Fsp3) is 0.647. The molecule has 1 unspecified atom stereocenters. The fourth-order valence-electron chi connectivity index (χ4n) is 3.06. The molecule has 2 saturated heterocycles. The van der Waals surface area contributed by atoms with Crippen LogP contribution in [-0.4, -0.2) is 80.1 Å². The van der Waals surface area contributed by atoms with E-state index in [2.05, 4.69) is 9.88 Å². The third-order valence-corrected chi connectivity index (χ3v) is 4.54. The first-order chi connectivity index (χ1) is 11.6. The average molecular weight is 335 g/mol. The topological polar surface area (TPSA) is 75.1 Å². The molecule has 0 aliphatic carbocycles. The number of rotatable bonds is 3. The van der Waals surface area contributed by atoms with Gasteiger partial charge in [-0.2, -0.15) is 0 Å². The number of anilines is 1. The van der Waals surface area contributed by atoms with Gasteiger partial charge in [0.1, 0.15) is 5.69 Å². The zero-order valence-electron chi connectivity index (χ0n) is 14.1. The number of aromatic nitrogens is 1. The van der Waals surface area contributed by atoms with Crippen molar-refractivity contribution in [3.63, 3.8) is 0 Å². The predicted octanol–water partition coefficient (Wildman–Crippen LogP) is 0.389. The minimum Gasteiger partial charge on any atom is -0.396 e. The van der Waals surface area contributed by atoms with Crippen LogP contribution in [0.5, 0.6) is 0 Å². The highest BCUT2D eigenvalue weighted by Gasteiger charge is 2.32. The molecule has 7 heteroatoms. The second kappa shape index (κ2) is 7.46. The Bertz CT molecular complexity index is 577. The van der Waals surface area contributed by atoms with Crippen LogP contribution in [0.15, 0.2) is 18.3 Å². The Labute approximate surface area is 142 Å². The first-order valence-corrected chi connectivity index (χ1v) is 8.38. The lowest BCUT2D eigenvalue weighted by molar-refractivity contribution is 0.0340. The SMILES string of the molecule is CC1(CO)COCCN(C(=O)c2cc(N3CCOCC3)ccn2)C1. The largest absolute Gasteiger partial charge is 0.396 e. The smallest absolute Gasteiger partial charge is 0.272 e. The number of pyridine rings is 1. The number of carbonyl (C=O) groups is 1. The molecule has 0 aromatic carbocycles. The summed E-state index contributed by atoms with van der Waals surface area (Å²) in [6.07, 6.45) is 1.68. The molecule has 2 aliphatic rings. The molecule has 0 bridgehead atoms. The zero-order chi connectivity index (χ0) is 17.0. The van der Waals surface area contributed by atoms with Gasteiger partial charge in [0.25, 0.3) is 5.91 Å². The maximum absolute atomic E-state index is 12.9. The van der Waals surface area contributed by atoms with E-state index in [-0.39, 0.29) is 12.5 Å². The van der Waals surface area contributed by atoms with Gasteiger partial charge in [-0.15, -0.1) is 0 Å². The van der Waals surface area contributed by atoms with E-state index in [9.17, 15) is 9.90 Å². The lowest BCUT2D eigenvalue weighted by atomic mass is 9.92. The summed E-state index contributed by atoms with van der Waals surface area (Å²) in [5, 5.41) is 9.61. The highest BCUT2D eigenvalue weighted by molar-refractivity contribution is 5.93. The van der Waals surface area contributed by atoms with Crippen LogP contribution in [0, 0.1) is 5.41 Å². The summed E-state index contributed by atoms with van der Waals surface area (Å²) >= 11 is 0. The Morgan fingerprint density at radius 3 is 2.79 bits per heavy atom. The van der Waals surface area contributed by atoms with E-state index in [1.807, 2.05) is 19.1 Å². The lowest BCUT2D eigenvalue weighted by Gasteiger charge is -2.31. The Hall–Kier alpha value is -1.70. The number of hydrogen-bond donors (Lipinski definition) is 1. The number of aliphatic hydroxyl groups excluding tert-OH is 1. The molecule has 1 aromatic heterocycles. The molecule has 3 rings (SSSR count). The number of nitrogens with zero attached hydrogens (tertiary/aromatic N) is 3. The molecule has 132 valence electrons. The van der Waals surface area contributed by atoms with Gasteiger partial charge in [0, 0.05) is 43.5 Å². The molecule has 2 fully saturated rings. The number of morpholine rings is 1. The van der Waals surface area contributed by atoms with E-state index < -0.39 is 5.41 Å². The second-order valence-electron chi connectivity index (χ2n) is 6.75. The molecule has 0 saturated carbocycles. The van der Waals surface area contributed by atoms with E-state index in [0.29, 0.717) is 45.2 Å². The van der Waals surface area contributed by atoms with Gasteiger partial charge in [-0.1, -0.05) is 6.92 Å². The average Bonchev–Trinajstić information content (AvgIpc) is 2.84. The standard InChI is InChI=1S/C17H25N3O4/c1-17(12-21)11-20(6-9-24-13-17)16(22)15-10-14(2-3-18-15)19-4-7-23-8-5-19/h2-3,10,21H,4-9,11-13H2,1H3. The summed E-state index contributed by atoms with van der Waals surface area (Å²) in [5.41, 5.74) is 0.988. The van der Waals surface area contributed by atoms with Crippen LogP contribution in [0.1, 0.15) is 17.4 Å². The number of ether oxygens (including phenoxy) is 2. The number of amides is 1. The van der Waals surface area contributed by atoms with Crippen molar-refractivity contribution in [2.75, 3.05) is 64.1 Å². The molecular weight excluding hydrogens is 310 g/mol. The van der Waals surface area contributed by atoms with Crippen LogP contribution >= 0.6 is 0 Å². The minimum absolute atomic E-state index is 0.0158. The maximum atomic E-state index is 12.9. The monoisotopic (exact) mass is 335 g/mol. The van der Waals surface area contributed by atoms with Gasteiger partial charge in [-0.25, -0.2) is 0 Å². The highest BCUT2D eigenvalue weighted by Crippen LogP contribution is 2.23. The number of carbonyl (C=O) groups excluding carboxylic acids is 1. The molecule has 7 nitrogen and oxygen atoms in total. The summed E-state index contributed by atoms with van der Waals surface area (Å²) < 4.78 is 10.9. The molecule has 1 atom stereocenters. The van der Waals surface area contributed by atoms with Gasteiger partial charge in [-0.3, -0.25) is 9.78 Å².